The van der Waals surface area contributed by atoms with Gasteiger partial charge in [0.2, 0.25) is 0 Å². The van der Waals surface area contributed by atoms with Crippen LogP contribution >= 0.6 is 0 Å². The zero-order valence-corrected chi connectivity index (χ0v) is 19.1. The first-order valence-electron chi connectivity index (χ1n) is 12.2. The highest BCUT2D eigenvalue weighted by Crippen LogP contribution is 2.44. The van der Waals surface area contributed by atoms with Crippen LogP contribution in [0.3, 0.4) is 0 Å². The van der Waals surface area contributed by atoms with E-state index in [-0.39, 0.29) is 0 Å². The Labute approximate surface area is 186 Å². The van der Waals surface area contributed by atoms with Gasteiger partial charge in [0, 0.05) is 29.7 Å². The Morgan fingerprint density at radius 2 is 1.81 bits per heavy atom. The van der Waals surface area contributed by atoms with Gasteiger partial charge in [-0.2, -0.15) is 0 Å². The van der Waals surface area contributed by atoms with Crippen LogP contribution in [0.2, 0.25) is 0 Å². The molecule has 3 nitrogen and oxygen atoms in total. The van der Waals surface area contributed by atoms with E-state index in [4.69, 9.17) is 4.98 Å². The topological polar surface area (TPSA) is 28.2 Å². The fraction of sp³-hybridized carbons (Fsp3) is 0.464. The third-order valence-electron chi connectivity index (χ3n) is 7.03. The van der Waals surface area contributed by atoms with Crippen molar-refractivity contribution in [3.05, 3.63) is 59.2 Å². The Morgan fingerprint density at radius 1 is 1.03 bits per heavy atom. The smallest absolute Gasteiger partial charge is 0.0733 e. The highest BCUT2D eigenvalue weighted by molar-refractivity contribution is 5.95. The lowest BCUT2D eigenvalue weighted by atomic mass is 9.96. The summed E-state index contributed by atoms with van der Waals surface area (Å²) in [4.78, 5) is 7.76. The standard InChI is InChI=1S/C28H35N3/c1-3-21-17-27-25(18-24(21)22-12-13-22)28(31-15-4-5-16-31)19-26(30-27)23-10-8-20(9-11-23)7-6-14-29-2/h8-11,17-19,22,29H,3-7,12-16H2,1-2H3. The molecule has 0 radical (unpaired) electrons. The summed E-state index contributed by atoms with van der Waals surface area (Å²) in [6.07, 6.45) is 8.68. The predicted octanol–water partition coefficient (Wildman–Crippen LogP) is 6.09. The predicted molar refractivity (Wildman–Crippen MR) is 132 cm³/mol. The molecule has 2 fully saturated rings. The minimum absolute atomic E-state index is 0.779. The summed E-state index contributed by atoms with van der Waals surface area (Å²) in [5.74, 6) is 0.779. The number of nitrogens with one attached hydrogen (secondary N) is 1. The van der Waals surface area contributed by atoms with Crippen LogP contribution in [0.25, 0.3) is 22.2 Å². The zero-order valence-electron chi connectivity index (χ0n) is 19.1. The first-order chi connectivity index (χ1) is 15.3. The third-order valence-corrected chi connectivity index (χ3v) is 7.03. The molecule has 0 spiro atoms. The van der Waals surface area contributed by atoms with E-state index >= 15 is 0 Å². The lowest BCUT2D eigenvalue weighted by Gasteiger charge is -2.22. The molecule has 0 unspecified atom stereocenters. The van der Waals surface area contributed by atoms with Crippen molar-refractivity contribution in [3.8, 4) is 11.3 Å². The lowest BCUT2D eigenvalue weighted by Crippen LogP contribution is -2.18. The van der Waals surface area contributed by atoms with E-state index in [1.165, 1.54) is 65.4 Å². The largest absolute Gasteiger partial charge is 0.371 e. The molecule has 3 heteroatoms. The number of rotatable bonds is 8. The van der Waals surface area contributed by atoms with Gasteiger partial charge in [-0.25, -0.2) is 4.98 Å². The molecule has 0 bridgehead atoms. The van der Waals surface area contributed by atoms with Gasteiger partial charge in [0.25, 0.3) is 0 Å². The number of hydrogen-bond acceptors (Lipinski definition) is 3. The SMILES string of the molecule is CCc1cc2nc(-c3ccc(CCCNC)cc3)cc(N3CCCC3)c2cc1C1CC1. The van der Waals surface area contributed by atoms with Gasteiger partial charge in [0.1, 0.15) is 0 Å². The number of fused-ring (bicyclic) bond motifs is 1. The second kappa shape index (κ2) is 9.00. The maximum Gasteiger partial charge on any atom is 0.0733 e. The molecule has 2 aliphatic rings. The molecule has 3 aromatic rings. The minimum Gasteiger partial charge on any atom is -0.371 e. The molecular formula is C28H35N3. The molecular weight excluding hydrogens is 378 g/mol. The number of pyridine rings is 1. The van der Waals surface area contributed by atoms with Gasteiger partial charge in [0.15, 0.2) is 0 Å². The zero-order chi connectivity index (χ0) is 21.2. The summed E-state index contributed by atoms with van der Waals surface area (Å²) in [5.41, 5.74) is 9.37. The summed E-state index contributed by atoms with van der Waals surface area (Å²) in [6, 6.07) is 16.3. The molecule has 0 amide bonds. The number of aryl methyl sites for hydroxylation is 2. The summed E-state index contributed by atoms with van der Waals surface area (Å²) < 4.78 is 0. The van der Waals surface area contributed by atoms with Crippen LogP contribution in [0.5, 0.6) is 0 Å². The Hall–Kier alpha value is -2.39. The van der Waals surface area contributed by atoms with Crippen LogP contribution in [-0.4, -0.2) is 31.7 Å². The van der Waals surface area contributed by atoms with Gasteiger partial charge >= 0.3 is 0 Å². The second-order valence-electron chi connectivity index (χ2n) is 9.32. The van der Waals surface area contributed by atoms with Crippen LogP contribution < -0.4 is 10.2 Å². The van der Waals surface area contributed by atoms with Crippen LogP contribution in [0.15, 0.2) is 42.5 Å². The molecule has 0 atom stereocenters. The number of hydrogen-bond donors (Lipinski definition) is 1. The number of anilines is 1. The Kier molecular flexibility index (Phi) is 5.95. The molecule has 2 heterocycles. The molecule has 162 valence electrons. The van der Waals surface area contributed by atoms with E-state index in [1.54, 1.807) is 5.56 Å². The molecule has 1 aliphatic carbocycles. The molecule has 2 aromatic carbocycles. The first kappa shape index (κ1) is 20.5. The quantitative estimate of drug-likeness (QED) is 0.453. The Balaban J connectivity index is 1.56. The summed E-state index contributed by atoms with van der Waals surface area (Å²) >= 11 is 0. The second-order valence-corrected chi connectivity index (χ2v) is 9.32. The average Bonchev–Trinajstić information content (AvgIpc) is 3.51. The van der Waals surface area contributed by atoms with E-state index in [0.29, 0.717) is 0 Å². The van der Waals surface area contributed by atoms with Crippen molar-refractivity contribution in [2.75, 3.05) is 31.6 Å². The average molecular weight is 414 g/mol. The van der Waals surface area contributed by atoms with Crippen molar-refractivity contribution in [1.29, 1.82) is 0 Å². The van der Waals surface area contributed by atoms with Crippen molar-refractivity contribution in [1.82, 2.24) is 10.3 Å². The van der Waals surface area contributed by atoms with Gasteiger partial charge in [-0.3, -0.25) is 0 Å². The van der Waals surface area contributed by atoms with E-state index in [1.807, 2.05) is 7.05 Å². The maximum atomic E-state index is 5.18. The van der Waals surface area contributed by atoms with E-state index in [0.717, 1.165) is 44.1 Å². The van der Waals surface area contributed by atoms with Crippen molar-refractivity contribution < 1.29 is 0 Å². The Bertz CT molecular complexity index is 1040. The number of nitrogens with zero attached hydrogens (tertiary/aromatic N) is 2. The van der Waals surface area contributed by atoms with Crippen molar-refractivity contribution in [2.24, 2.45) is 0 Å². The molecule has 1 aliphatic heterocycles. The fourth-order valence-corrected chi connectivity index (χ4v) is 5.07. The van der Waals surface area contributed by atoms with Crippen molar-refractivity contribution in [2.45, 2.75) is 57.8 Å². The van der Waals surface area contributed by atoms with E-state index in [2.05, 4.69) is 59.6 Å². The fourth-order valence-electron chi connectivity index (χ4n) is 5.07. The van der Waals surface area contributed by atoms with Crippen LogP contribution in [0, 0.1) is 0 Å². The summed E-state index contributed by atoms with van der Waals surface area (Å²) in [6.45, 7) is 5.68. The monoisotopic (exact) mass is 413 g/mol. The Morgan fingerprint density at radius 3 is 2.48 bits per heavy atom. The number of aromatic nitrogens is 1. The molecule has 5 rings (SSSR count). The molecule has 1 saturated heterocycles. The van der Waals surface area contributed by atoms with Crippen LogP contribution in [0.4, 0.5) is 5.69 Å². The van der Waals surface area contributed by atoms with Gasteiger partial charge in [-0.1, -0.05) is 31.2 Å². The maximum absolute atomic E-state index is 5.18. The summed E-state index contributed by atoms with van der Waals surface area (Å²) in [7, 11) is 2.02. The normalized spacial score (nSPS) is 16.4. The van der Waals surface area contributed by atoms with Crippen LogP contribution in [0.1, 0.15) is 61.6 Å². The first-order valence-corrected chi connectivity index (χ1v) is 12.2. The third kappa shape index (κ3) is 4.34. The van der Waals surface area contributed by atoms with Crippen LogP contribution in [-0.2, 0) is 12.8 Å². The minimum atomic E-state index is 0.779. The van der Waals surface area contributed by atoms with E-state index in [9.17, 15) is 0 Å². The van der Waals surface area contributed by atoms with Gasteiger partial charge in [0.05, 0.1) is 11.2 Å². The highest BCUT2D eigenvalue weighted by Gasteiger charge is 2.27. The molecule has 1 saturated carbocycles. The van der Waals surface area contributed by atoms with Gasteiger partial charge in [-0.05, 0) is 99.3 Å². The van der Waals surface area contributed by atoms with E-state index < -0.39 is 0 Å². The van der Waals surface area contributed by atoms with Crippen molar-refractivity contribution in [3.63, 3.8) is 0 Å². The van der Waals surface area contributed by atoms with Gasteiger partial charge in [-0.15, -0.1) is 0 Å². The lowest BCUT2D eigenvalue weighted by molar-refractivity contribution is 0.725. The molecule has 31 heavy (non-hydrogen) atoms. The highest BCUT2D eigenvalue weighted by atomic mass is 15.1. The van der Waals surface area contributed by atoms with Gasteiger partial charge < -0.3 is 10.2 Å². The van der Waals surface area contributed by atoms with Crippen molar-refractivity contribution >= 4 is 16.6 Å². The molecule has 1 aromatic heterocycles. The molecule has 1 N–H and O–H groups in total. The number of benzene rings is 2. The summed E-state index contributed by atoms with van der Waals surface area (Å²) in [5, 5.41) is 4.59.